The van der Waals surface area contributed by atoms with Crippen molar-refractivity contribution < 1.29 is 17.9 Å². The van der Waals surface area contributed by atoms with Crippen LogP contribution in [0.5, 0.6) is 11.6 Å². The van der Waals surface area contributed by atoms with Gasteiger partial charge in [-0.25, -0.2) is 18.4 Å². The van der Waals surface area contributed by atoms with Crippen LogP contribution in [0.15, 0.2) is 41.3 Å². The Hall–Kier alpha value is -2.30. The van der Waals surface area contributed by atoms with Crippen molar-refractivity contribution in [1.29, 1.82) is 0 Å². The van der Waals surface area contributed by atoms with E-state index in [4.69, 9.17) is 44.3 Å². The number of likely N-dealkylation sites (N-methyl/N-ethyl adjacent to an activating group) is 1. The first kappa shape index (κ1) is 27.7. The second-order valence-electron chi connectivity index (χ2n) is 8.84. The number of halogens is 3. The summed E-state index contributed by atoms with van der Waals surface area (Å²) in [4.78, 5) is 11.0. The average molecular weight is 586 g/mol. The average Bonchev–Trinajstić information content (AvgIpc) is 2.85. The van der Waals surface area contributed by atoms with Crippen LogP contribution in [0, 0.1) is 0 Å². The zero-order valence-electron chi connectivity index (χ0n) is 20.4. The Morgan fingerprint density at radius 2 is 1.70 bits per heavy atom. The summed E-state index contributed by atoms with van der Waals surface area (Å²) in [6.07, 6.45) is 3.39. The number of rotatable bonds is 10. The molecule has 0 saturated carbocycles. The molecule has 0 unspecified atom stereocenters. The minimum absolute atomic E-state index is 0.00638. The number of ether oxygens (including phenoxy) is 2. The van der Waals surface area contributed by atoms with Crippen molar-refractivity contribution in [1.82, 2.24) is 14.9 Å². The molecule has 1 aliphatic rings. The van der Waals surface area contributed by atoms with Gasteiger partial charge in [-0.3, -0.25) is 4.72 Å². The third-order valence-electron chi connectivity index (χ3n) is 5.70. The van der Waals surface area contributed by atoms with Crippen LogP contribution < -0.4 is 14.2 Å². The highest BCUT2D eigenvalue weighted by atomic mass is 35.5. The van der Waals surface area contributed by atoms with Gasteiger partial charge in [-0.05, 0) is 69.6 Å². The lowest BCUT2D eigenvalue weighted by molar-refractivity contribution is 0.259. The number of nitrogens with one attached hydrogen (secondary N) is 1. The molecule has 0 amide bonds. The SMILES string of the molecule is CN(C)CCOc1cc(COc2nc3c(nc2NS(=O)(=O)c2cccc(Cl)c2Cl)CCCC3)ccc1Cl. The van der Waals surface area contributed by atoms with Crippen LogP contribution in [0.3, 0.4) is 0 Å². The third kappa shape index (κ3) is 6.97. The van der Waals surface area contributed by atoms with E-state index in [1.807, 2.05) is 25.1 Å². The minimum atomic E-state index is -4.12. The molecule has 3 aromatic rings. The number of aromatic nitrogens is 2. The zero-order chi connectivity index (χ0) is 26.6. The second kappa shape index (κ2) is 12.0. The normalized spacial score (nSPS) is 13.4. The van der Waals surface area contributed by atoms with Crippen molar-refractivity contribution in [3.05, 3.63) is 68.4 Å². The highest BCUT2D eigenvalue weighted by molar-refractivity contribution is 7.92. The van der Waals surface area contributed by atoms with Gasteiger partial charge in [0.1, 0.15) is 23.9 Å². The van der Waals surface area contributed by atoms with Crippen molar-refractivity contribution >= 4 is 50.6 Å². The lowest BCUT2D eigenvalue weighted by Gasteiger charge is -2.19. The number of fused-ring (bicyclic) bond motifs is 1. The van der Waals surface area contributed by atoms with Crippen LogP contribution in [-0.4, -0.2) is 50.5 Å². The minimum Gasteiger partial charge on any atom is -0.491 e. The lowest BCUT2D eigenvalue weighted by atomic mass is 10.0. The lowest BCUT2D eigenvalue weighted by Crippen LogP contribution is -2.19. The van der Waals surface area contributed by atoms with Gasteiger partial charge >= 0.3 is 0 Å². The molecule has 0 radical (unpaired) electrons. The standard InChI is InChI=1S/C25H27Cl3N4O4S/c1-32(2)12-13-35-21-14-16(10-11-17(21)26)15-36-25-24(29-19-7-3-4-8-20(19)30-25)31-37(33,34)22-9-5-6-18(27)23(22)28/h5-6,9-11,14H,3-4,7-8,12-13,15H2,1-2H3,(H,29,31). The number of nitrogens with zero attached hydrogens (tertiary/aromatic N) is 3. The van der Waals surface area contributed by atoms with E-state index >= 15 is 0 Å². The van der Waals surface area contributed by atoms with Crippen LogP contribution in [0.1, 0.15) is 29.8 Å². The summed E-state index contributed by atoms with van der Waals surface area (Å²) in [5.41, 5.74) is 2.32. The van der Waals surface area contributed by atoms with Crippen molar-refractivity contribution in [2.24, 2.45) is 0 Å². The maximum atomic E-state index is 13.2. The largest absolute Gasteiger partial charge is 0.491 e. The highest BCUT2D eigenvalue weighted by Crippen LogP contribution is 2.33. The summed E-state index contributed by atoms with van der Waals surface area (Å²) >= 11 is 18.5. The van der Waals surface area contributed by atoms with Gasteiger partial charge in [0, 0.05) is 6.54 Å². The van der Waals surface area contributed by atoms with Crippen LogP contribution in [-0.2, 0) is 29.5 Å². The highest BCUT2D eigenvalue weighted by Gasteiger charge is 2.25. The van der Waals surface area contributed by atoms with Gasteiger partial charge in [0.15, 0.2) is 0 Å². The van der Waals surface area contributed by atoms with E-state index < -0.39 is 10.0 Å². The number of hydrogen-bond donors (Lipinski definition) is 1. The predicted molar refractivity (Wildman–Crippen MR) is 146 cm³/mol. The number of aryl methyl sites for hydroxylation is 2. The van der Waals surface area contributed by atoms with Gasteiger partial charge in [-0.1, -0.05) is 46.9 Å². The van der Waals surface area contributed by atoms with E-state index in [2.05, 4.69) is 14.7 Å². The molecule has 1 aliphatic carbocycles. The van der Waals surface area contributed by atoms with Gasteiger partial charge in [0.2, 0.25) is 5.82 Å². The molecule has 37 heavy (non-hydrogen) atoms. The molecular formula is C25H27Cl3N4O4S. The molecule has 0 aliphatic heterocycles. The van der Waals surface area contributed by atoms with Gasteiger partial charge < -0.3 is 14.4 Å². The fourth-order valence-electron chi connectivity index (χ4n) is 3.75. The maximum Gasteiger partial charge on any atom is 0.264 e. The van der Waals surface area contributed by atoms with Crippen molar-refractivity contribution in [2.75, 3.05) is 32.0 Å². The van der Waals surface area contributed by atoms with Crippen LogP contribution >= 0.6 is 34.8 Å². The number of anilines is 1. The molecule has 1 aromatic heterocycles. The molecule has 0 saturated heterocycles. The van der Waals surface area contributed by atoms with E-state index in [0.29, 0.717) is 23.8 Å². The van der Waals surface area contributed by atoms with Crippen LogP contribution in [0.25, 0.3) is 0 Å². The van der Waals surface area contributed by atoms with Crippen LogP contribution in [0.4, 0.5) is 5.82 Å². The van der Waals surface area contributed by atoms with E-state index in [9.17, 15) is 8.42 Å². The smallest absolute Gasteiger partial charge is 0.264 e. The summed E-state index contributed by atoms with van der Waals surface area (Å²) in [6.45, 7) is 1.31. The fraction of sp³-hybridized carbons (Fsp3) is 0.360. The topological polar surface area (TPSA) is 93.7 Å². The summed E-state index contributed by atoms with van der Waals surface area (Å²) < 4.78 is 40.7. The molecule has 0 spiro atoms. The Labute approximate surface area is 231 Å². The number of hydrogen-bond acceptors (Lipinski definition) is 7. The predicted octanol–water partition coefficient (Wildman–Crippen LogP) is 5.64. The van der Waals surface area contributed by atoms with Gasteiger partial charge in [-0.2, -0.15) is 0 Å². The molecule has 1 N–H and O–H groups in total. The van der Waals surface area contributed by atoms with Gasteiger partial charge in [0.05, 0.1) is 26.5 Å². The molecule has 0 bridgehead atoms. The second-order valence-corrected chi connectivity index (χ2v) is 11.7. The molecule has 12 heteroatoms. The van der Waals surface area contributed by atoms with Crippen molar-refractivity contribution in [3.8, 4) is 11.6 Å². The summed E-state index contributed by atoms with van der Waals surface area (Å²) in [5.74, 6) is 0.609. The molecule has 2 aromatic carbocycles. The first-order valence-electron chi connectivity index (χ1n) is 11.7. The van der Waals surface area contributed by atoms with Crippen LogP contribution in [0.2, 0.25) is 15.1 Å². The molecular weight excluding hydrogens is 559 g/mol. The zero-order valence-corrected chi connectivity index (χ0v) is 23.5. The first-order valence-corrected chi connectivity index (χ1v) is 14.3. The number of benzene rings is 2. The first-order chi connectivity index (χ1) is 17.6. The fourth-order valence-corrected chi connectivity index (χ4v) is 5.69. The van der Waals surface area contributed by atoms with Gasteiger partial charge in [-0.15, -0.1) is 0 Å². The quantitative estimate of drug-likeness (QED) is 0.329. The molecule has 0 fully saturated rings. The molecule has 4 rings (SSSR count). The molecule has 198 valence electrons. The van der Waals surface area contributed by atoms with Crippen molar-refractivity contribution in [3.63, 3.8) is 0 Å². The monoisotopic (exact) mass is 584 g/mol. The summed E-state index contributed by atoms with van der Waals surface area (Å²) in [6, 6.07) is 9.73. The summed E-state index contributed by atoms with van der Waals surface area (Å²) in [5, 5.41) is 0.542. The molecule has 8 nitrogen and oxygen atoms in total. The Balaban J connectivity index is 1.60. The Morgan fingerprint density at radius 1 is 0.973 bits per heavy atom. The van der Waals surface area contributed by atoms with E-state index in [1.54, 1.807) is 12.1 Å². The van der Waals surface area contributed by atoms with Gasteiger partial charge in [0.25, 0.3) is 15.9 Å². The third-order valence-corrected chi connectivity index (χ3v) is 8.32. The summed E-state index contributed by atoms with van der Waals surface area (Å²) in [7, 11) is -0.200. The Morgan fingerprint density at radius 3 is 2.43 bits per heavy atom. The Bertz CT molecular complexity index is 1390. The Kier molecular flexibility index (Phi) is 9.03. The van der Waals surface area contributed by atoms with E-state index in [1.165, 1.54) is 18.2 Å². The maximum absolute atomic E-state index is 13.2. The van der Waals surface area contributed by atoms with E-state index in [0.717, 1.165) is 42.8 Å². The van der Waals surface area contributed by atoms with E-state index in [-0.39, 0.29) is 33.2 Å². The molecule has 1 heterocycles. The number of sulfonamides is 1. The van der Waals surface area contributed by atoms with Crippen molar-refractivity contribution in [2.45, 2.75) is 37.2 Å². The molecule has 0 atom stereocenters.